The van der Waals surface area contributed by atoms with E-state index in [9.17, 15) is 13.2 Å². The number of hydrogen-bond donors (Lipinski definition) is 1. The molecule has 174 valence electrons. The van der Waals surface area contributed by atoms with Gasteiger partial charge in [-0.2, -0.15) is 9.40 Å². The quantitative estimate of drug-likeness (QED) is 0.488. The average molecular weight is 487 g/mol. The summed E-state index contributed by atoms with van der Waals surface area (Å²) in [6.45, 7) is 3.42. The topological polar surface area (TPSA) is 84.3 Å². The van der Waals surface area contributed by atoms with Crippen molar-refractivity contribution in [1.29, 1.82) is 0 Å². The summed E-state index contributed by atoms with van der Waals surface area (Å²) in [6.07, 6.45) is 5.19. The van der Waals surface area contributed by atoms with Gasteiger partial charge in [-0.25, -0.2) is 13.1 Å². The Labute approximate surface area is 199 Å². The lowest BCUT2D eigenvalue weighted by molar-refractivity contribution is 0.0953. The molecular weight excluding hydrogens is 460 g/mol. The molecule has 1 aromatic heterocycles. The van der Waals surface area contributed by atoms with Crippen molar-refractivity contribution < 1.29 is 13.2 Å². The van der Waals surface area contributed by atoms with E-state index in [0.717, 1.165) is 42.6 Å². The van der Waals surface area contributed by atoms with Crippen LogP contribution in [0, 0.1) is 6.92 Å². The smallest absolute Gasteiger partial charge is 0.252 e. The van der Waals surface area contributed by atoms with Gasteiger partial charge in [0.25, 0.3) is 5.91 Å². The van der Waals surface area contributed by atoms with Crippen LogP contribution < -0.4 is 5.32 Å². The molecule has 3 aromatic rings. The van der Waals surface area contributed by atoms with Crippen molar-refractivity contribution in [3.8, 4) is 5.69 Å². The van der Waals surface area contributed by atoms with Crippen LogP contribution in [0.15, 0.2) is 59.6 Å². The zero-order valence-electron chi connectivity index (χ0n) is 18.5. The Morgan fingerprint density at radius 2 is 1.85 bits per heavy atom. The van der Waals surface area contributed by atoms with Gasteiger partial charge in [-0.1, -0.05) is 29.8 Å². The van der Waals surface area contributed by atoms with E-state index in [0.29, 0.717) is 19.6 Å². The predicted molar refractivity (Wildman–Crippen MR) is 128 cm³/mol. The number of aromatic nitrogens is 2. The van der Waals surface area contributed by atoms with Gasteiger partial charge in [0.15, 0.2) is 0 Å². The third-order valence-electron chi connectivity index (χ3n) is 5.82. The Bertz CT molecular complexity index is 1240. The first-order valence-electron chi connectivity index (χ1n) is 11.0. The summed E-state index contributed by atoms with van der Waals surface area (Å²) in [6, 6.07) is 14.2. The average Bonchev–Trinajstić information content (AvgIpc) is 3.48. The molecule has 2 heterocycles. The van der Waals surface area contributed by atoms with Crippen LogP contribution in [0.4, 0.5) is 0 Å². The molecule has 0 spiro atoms. The van der Waals surface area contributed by atoms with Gasteiger partial charge in [-0.05, 0) is 68.5 Å². The highest BCUT2D eigenvalue weighted by Crippen LogP contribution is 2.25. The third-order valence-corrected chi connectivity index (χ3v) is 8.04. The zero-order valence-corrected chi connectivity index (χ0v) is 20.1. The molecule has 1 aliphatic rings. The first kappa shape index (κ1) is 23.5. The van der Waals surface area contributed by atoms with Gasteiger partial charge in [-0.3, -0.25) is 4.79 Å². The molecule has 7 nitrogen and oxygen atoms in total. The molecule has 1 aliphatic heterocycles. The lowest BCUT2D eigenvalue weighted by Crippen LogP contribution is -2.29. The number of carbonyl (C=O) groups excluding carboxylic acids is 1. The van der Waals surface area contributed by atoms with E-state index in [1.54, 1.807) is 0 Å². The fraction of sp³-hybridized carbons (Fsp3) is 0.333. The minimum atomic E-state index is -3.61. The van der Waals surface area contributed by atoms with Crippen LogP contribution in [0.3, 0.4) is 0 Å². The Balaban J connectivity index is 1.36. The van der Waals surface area contributed by atoms with Crippen LogP contribution in [0.1, 0.15) is 40.9 Å². The number of aryl methyl sites for hydroxylation is 2. The van der Waals surface area contributed by atoms with Gasteiger partial charge in [0, 0.05) is 25.8 Å². The van der Waals surface area contributed by atoms with Gasteiger partial charge in [-0.15, -0.1) is 0 Å². The predicted octanol–water partition coefficient (Wildman–Crippen LogP) is 3.98. The maximum Gasteiger partial charge on any atom is 0.252 e. The van der Waals surface area contributed by atoms with Crippen LogP contribution in [-0.4, -0.2) is 48.0 Å². The first-order chi connectivity index (χ1) is 15.9. The lowest BCUT2D eigenvalue weighted by atomic mass is 10.1. The molecule has 1 N–H and O–H groups in total. The van der Waals surface area contributed by atoms with Gasteiger partial charge in [0.2, 0.25) is 10.0 Å². The summed E-state index contributed by atoms with van der Waals surface area (Å²) in [5, 5.41) is 7.66. The molecule has 0 atom stereocenters. The summed E-state index contributed by atoms with van der Waals surface area (Å²) >= 11 is 6.21. The molecular formula is C24H27ClN4O3S. The monoisotopic (exact) mass is 486 g/mol. The highest BCUT2D eigenvalue weighted by molar-refractivity contribution is 7.89. The number of halogens is 1. The molecule has 1 fully saturated rings. The number of nitrogens with one attached hydrogen (secondary N) is 1. The molecule has 33 heavy (non-hydrogen) atoms. The molecule has 0 unspecified atom stereocenters. The van der Waals surface area contributed by atoms with Gasteiger partial charge < -0.3 is 5.32 Å². The van der Waals surface area contributed by atoms with E-state index in [2.05, 4.69) is 10.4 Å². The number of nitrogens with zero attached hydrogens (tertiary/aromatic N) is 3. The van der Waals surface area contributed by atoms with E-state index in [1.807, 2.05) is 48.1 Å². The van der Waals surface area contributed by atoms with Crippen molar-refractivity contribution >= 4 is 27.5 Å². The number of rotatable bonds is 8. The number of benzene rings is 2. The second kappa shape index (κ2) is 10.1. The van der Waals surface area contributed by atoms with E-state index in [-0.39, 0.29) is 21.4 Å². The van der Waals surface area contributed by atoms with E-state index >= 15 is 0 Å². The van der Waals surface area contributed by atoms with Crippen LogP contribution in [0.5, 0.6) is 0 Å². The Morgan fingerprint density at radius 3 is 2.58 bits per heavy atom. The van der Waals surface area contributed by atoms with Crippen molar-refractivity contribution in [2.24, 2.45) is 0 Å². The number of amides is 1. The number of para-hydroxylation sites is 1. The minimum Gasteiger partial charge on any atom is -0.352 e. The van der Waals surface area contributed by atoms with Crippen molar-refractivity contribution in [2.75, 3.05) is 19.6 Å². The number of hydrogen-bond acceptors (Lipinski definition) is 4. The van der Waals surface area contributed by atoms with E-state index < -0.39 is 10.0 Å². The van der Waals surface area contributed by atoms with Crippen molar-refractivity contribution in [1.82, 2.24) is 19.4 Å². The highest BCUT2D eigenvalue weighted by atomic mass is 35.5. The van der Waals surface area contributed by atoms with E-state index in [4.69, 9.17) is 11.6 Å². The Hall–Kier alpha value is -2.68. The van der Waals surface area contributed by atoms with Crippen molar-refractivity contribution in [3.63, 3.8) is 0 Å². The zero-order chi connectivity index (χ0) is 23.4. The van der Waals surface area contributed by atoms with Crippen molar-refractivity contribution in [2.45, 2.75) is 37.5 Å². The molecule has 0 aliphatic carbocycles. The van der Waals surface area contributed by atoms with Crippen LogP contribution >= 0.6 is 11.6 Å². The minimum absolute atomic E-state index is 0.0999. The van der Waals surface area contributed by atoms with E-state index in [1.165, 1.54) is 22.5 Å². The summed E-state index contributed by atoms with van der Waals surface area (Å²) < 4.78 is 28.9. The molecule has 0 saturated carbocycles. The largest absolute Gasteiger partial charge is 0.352 e. The Kier molecular flexibility index (Phi) is 7.17. The molecule has 1 amide bonds. The fourth-order valence-electron chi connectivity index (χ4n) is 3.95. The summed E-state index contributed by atoms with van der Waals surface area (Å²) in [5.41, 5.74) is 3.24. The first-order valence-corrected chi connectivity index (χ1v) is 12.9. The van der Waals surface area contributed by atoms with Gasteiger partial charge in [0.05, 0.1) is 26.9 Å². The number of carbonyl (C=O) groups is 1. The second-order valence-corrected chi connectivity index (χ2v) is 10.5. The third kappa shape index (κ3) is 5.29. The van der Waals surface area contributed by atoms with Crippen LogP contribution in [-0.2, 0) is 16.4 Å². The highest BCUT2D eigenvalue weighted by Gasteiger charge is 2.28. The molecule has 0 bridgehead atoms. The van der Waals surface area contributed by atoms with Crippen molar-refractivity contribution in [3.05, 3.63) is 76.6 Å². The second-order valence-electron chi connectivity index (χ2n) is 8.13. The normalized spacial score (nSPS) is 14.5. The summed E-state index contributed by atoms with van der Waals surface area (Å²) in [5.74, 6) is -0.379. The SMILES string of the molecule is Cc1nn(-c2ccccc2)cc1CCCNC(=O)c1cc(S(=O)(=O)N2CCCC2)ccc1Cl. The standard InChI is InChI=1S/C24H27ClN4O3S/c1-18-19(17-29(27-18)20-9-3-2-4-10-20)8-7-13-26-24(30)22-16-21(11-12-23(22)25)33(31,32)28-14-5-6-15-28/h2-4,9-12,16-17H,5-8,13-15H2,1H3,(H,26,30). The molecule has 4 rings (SSSR count). The van der Waals surface area contributed by atoms with Crippen LogP contribution in [0.25, 0.3) is 5.69 Å². The lowest BCUT2D eigenvalue weighted by Gasteiger charge is -2.16. The summed E-state index contributed by atoms with van der Waals surface area (Å²) in [7, 11) is -3.61. The van der Waals surface area contributed by atoms with Gasteiger partial charge in [0.1, 0.15) is 0 Å². The van der Waals surface area contributed by atoms with Gasteiger partial charge >= 0.3 is 0 Å². The maximum absolute atomic E-state index is 12.8. The summed E-state index contributed by atoms with van der Waals surface area (Å²) in [4.78, 5) is 12.8. The molecule has 9 heteroatoms. The molecule has 2 aromatic carbocycles. The molecule has 1 saturated heterocycles. The Morgan fingerprint density at radius 1 is 1.12 bits per heavy atom. The number of sulfonamides is 1. The van der Waals surface area contributed by atoms with Crippen LogP contribution in [0.2, 0.25) is 5.02 Å². The fourth-order valence-corrected chi connectivity index (χ4v) is 5.69. The molecule has 0 radical (unpaired) electrons. The maximum atomic E-state index is 12.8.